The highest BCUT2D eigenvalue weighted by atomic mass is 32.2. The van der Waals surface area contributed by atoms with E-state index in [2.05, 4.69) is 14.8 Å². The predicted octanol–water partition coefficient (Wildman–Crippen LogP) is 0.392. The Labute approximate surface area is 219 Å². The maximum absolute atomic E-state index is 15.1. The van der Waals surface area contributed by atoms with Gasteiger partial charge in [-0.05, 0) is 6.42 Å². The Morgan fingerprint density at radius 2 is 1.72 bits per heavy atom. The van der Waals surface area contributed by atoms with Crippen molar-refractivity contribution in [3.05, 3.63) is 47.3 Å². The van der Waals surface area contributed by atoms with E-state index >= 15 is 4.39 Å². The normalized spacial score (nSPS) is 15.2. The van der Waals surface area contributed by atoms with Crippen molar-refractivity contribution in [3.8, 4) is 0 Å². The highest BCUT2D eigenvalue weighted by molar-refractivity contribution is 7.89. The molecule has 1 aromatic carbocycles. The van der Waals surface area contributed by atoms with Crippen molar-refractivity contribution in [1.82, 2.24) is 19.5 Å². The summed E-state index contributed by atoms with van der Waals surface area (Å²) in [5, 5.41) is 4.23. The topological polar surface area (TPSA) is 156 Å². The Balaban J connectivity index is 1.65. The van der Waals surface area contributed by atoms with Crippen LogP contribution in [0.5, 0.6) is 0 Å². The fraction of sp³-hybridized carbons (Fsp3) is 0.364. The number of hydrogen-bond acceptors (Lipinski definition) is 7. The number of benzene rings is 1. The van der Waals surface area contributed by atoms with Gasteiger partial charge in [-0.2, -0.15) is 0 Å². The second-order valence-corrected chi connectivity index (χ2v) is 10.1. The molecular formula is C22H23F4N5O7S. The van der Waals surface area contributed by atoms with Gasteiger partial charge in [0.15, 0.2) is 23.3 Å². The molecule has 1 fully saturated rings. The van der Waals surface area contributed by atoms with Crippen LogP contribution in [0.15, 0.2) is 23.2 Å². The molecule has 3 N–H and O–H groups in total. The van der Waals surface area contributed by atoms with Crippen LogP contribution >= 0.6 is 0 Å². The number of halogens is 4. The summed E-state index contributed by atoms with van der Waals surface area (Å²) < 4.78 is 88.5. The lowest BCUT2D eigenvalue weighted by Crippen LogP contribution is -2.44. The fourth-order valence-corrected chi connectivity index (χ4v) is 5.12. The van der Waals surface area contributed by atoms with Crippen LogP contribution < -0.4 is 15.4 Å². The Kier molecular flexibility index (Phi) is 8.96. The number of aryl methyl sites for hydroxylation is 1. The van der Waals surface area contributed by atoms with Crippen molar-refractivity contribution < 1.29 is 49.9 Å². The first-order valence-corrected chi connectivity index (χ1v) is 12.7. The van der Waals surface area contributed by atoms with Gasteiger partial charge in [-0.3, -0.25) is 19.2 Å². The van der Waals surface area contributed by atoms with Crippen molar-refractivity contribution in [2.75, 3.05) is 31.6 Å². The number of aromatic nitrogens is 1. The number of rotatable bonds is 8. The first-order chi connectivity index (χ1) is 18.2. The lowest BCUT2D eigenvalue weighted by atomic mass is 10.2. The number of likely N-dealkylation sites (tertiary alicyclic amines) is 1. The third kappa shape index (κ3) is 6.91. The summed E-state index contributed by atoms with van der Waals surface area (Å²) >= 11 is 0. The van der Waals surface area contributed by atoms with Crippen LogP contribution in [0.3, 0.4) is 0 Å². The van der Waals surface area contributed by atoms with Crippen molar-refractivity contribution in [2.45, 2.75) is 24.3 Å². The maximum Gasteiger partial charge on any atom is 0.311 e. The molecule has 1 aliphatic rings. The van der Waals surface area contributed by atoms with E-state index in [1.807, 2.05) is 5.32 Å². The van der Waals surface area contributed by atoms with Crippen LogP contribution in [0, 0.1) is 23.3 Å². The number of hydrogen-bond donors (Lipinski definition) is 3. The molecule has 0 unspecified atom stereocenters. The second kappa shape index (κ2) is 11.8. The van der Waals surface area contributed by atoms with E-state index in [1.165, 1.54) is 6.92 Å². The molecule has 12 nitrogen and oxygen atoms in total. The molecular weight excluding hydrogens is 554 g/mol. The minimum atomic E-state index is -4.58. The highest BCUT2D eigenvalue weighted by Gasteiger charge is 2.35. The van der Waals surface area contributed by atoms with Gasteiger partial charge in [0.25, 0.3) is 5.91 Å². The molecule has 0 aliphatic carbocycles. The minimum absolute atomic E-state index is 0.0130. The quantitative estimate of drug-likeness (QED) is 0.135. The zero-order valence-corrected chi connectivity index (χ0v) is 21.3. The molecule has 3 rings (SSSR count). The summed E-state index contributed by atoms with van der Waals surface area (Å²) in [5.41, 5.74) is -1.33. The van der Waals surface area contributed by atoms with Crippen LogP contribution in [0.25, 0.3) is 0 Å². The molecule has 2 heterocycles. The number of amides is 3. The summed E-state index contributed by atoms with van der Waals surface area (Å²) in [5.74, 6) is -10.2. The Morgan fingerprint density at radius 1 is 1.08 bits per heavy atom. The smallest absolute Gasteiger partial charge is 0.311 e. The minimum Gasteiger partial charge on any atom is -0.464 e. The van der Waals surface area contributed by atoms with Crippen LogP contribution in [0.4, 0.5) is 23.2 Å². The van der Waals surface area contributed by atoms with E-state index in [4.69, 9.17) is 0 Å². The van der Waals surface area contributed by atoms with Crippen LogP contribution in [-0.2, 0) is 36.2 Å². The predicted molar refractivity (Wildman–Crippen MR) is 125 cm³/mol. The molecule has 0 saturated carbocycles. The number of esters is 1. The standard InChI is InChI=1S/C22H23F4N5O7S/c1-11(32)38-6-4-27-21(34)22(35)31-5-3-12(9-31)29-39(36,37)16-10-30(2)19(18(16)26)20(33)28-13-7-14(23)17(25)15(24)8-13/h7-8,10,12,29H,3-6,9H2,1-2H3,(H,27,34)(H,28,33)/t12-/m1/s1. The molecule has 0 spiro atoms. The monoisotopic (exact) mass is 577 g/mol. The average Bonchev–Trinajstić information content (AvgIpc) is 3.42. The van der Waals surface area contributed by atoms with E-state index in [0.717, 1.165) is 22.7 Å². The zero-order valence-electron chi connectivity index (χ0n) is 20.5. The number of anilines is 1. The number of nitrogens with one attached hydrogen (secondary N) is 3. The molecule has 1 aliphatic heterocycles. The Bertz CT molecular complexity index is 1410. The first-order valence-electron chi connectivity index (χ1n) is 11.2. The van der Waals surface area contributed by atoms with Gasteiger partial charge in [-0.1, -0.05) is 0 Å². The van der Waals surface area contributed by atoms with Gasteiger partial charge >= 0.3 is 17.8 Å². The number of carbonyl (C=O) groups is 4. The summed E-state index contributed by atoms with van der Waals surface area (Å²) in [6, 6.07) is 0.0303. The fourth-order valence-electron chi connectivity index (χ4n) is 3.74. The summed E-state index contributed by atoms with van der Waals surface area (Å²) in [6.45, 7) is 0.727. The molecule has 1 saturated heterocycles. The summed E-state index contributed by atoms with van der Waals surface area (Å²) in [6.07, 6.45) is 0.891. The van der Waals surface area contributed by atoms with Crippen LogP contribution in [0.2, 0.25) is 0 Å². The van der Waals surface area contributed by atoms with Gasteiger partial charge in [-0.25, -0.2) is 30.7 Å². The molecule has 1 aromatic heterocycles. The van der Waals surface area contributed by atoms with Gasteiger partial charge in [0.05, 0.1) is 6.54 Å². The lowest BCUT2D eigenvalue weighted by Gasteiger charge is -2.16. The van der Waals surface area contributed by atoms with Crippen molar-refractivity contribution in [2.24, 2.45) is 7.05 Å². The molecule has 2 aromatic rings. The lowest BCUT2D eigenvalue weighted by molar-refractivity contribution is -0.145. The van der Waals surface area contributed by atoms with Gasteiger partial charge < -0.3 is 24.8 Å². The van der Waals surface area contributed by atoms with Crippen molar-refractivity contribution in [1.29, 1.82) is 0 Å². The molecule has 17 heteroatoms. The SMILES string of the molecule is CC(=O)OCCNC(=O)C(=O)N1CC[C@@H](NS(=O)(=O)c2cn(C)c(C(=O)Nc3cc(F)c(F)c(F)c3)c2F)C1. The largest absolute Gasteiger partial charge is 0.464 e. The third-order valence-electron chi connectivity index (χ3n) is 5.52. The van der Waals surface area contributed by atoms with E-state index < -0.39 is 79.3 Å². The molecule has 1 atom stereocenters. The third-order valence-corrected chi connectivity index (χ3v) is 7.03. The maximum atomic E-state index is 15.1. The van der Waals surface area contributed by atoms with Gasteiger partial charge in [-0.15, -0.1) is 0 Å². The van der Waals surface area contributed by atoms with Crippen LogP contribution in [-0.4, -0.2) is 73.9 Å². The second-order valence-electron chi connectivity index (χ2n) is 8.43. The van der Waals surface area contributed by atoms with Gasteiger partial charge in [0.1, 0.15) is 17.2 Å². The molecule has 3 amide bonds. The van der Waals surface area contributed by atoms with Crippen molar-refractivity contribution >= 4 is 39.4 Å². The van der Waals surface area contributed by atoms with E-state index in [1.54, 1.807) is 0 Å². The molecule has 0 bridgehead atoms. The zero-order chi connectivity index (χ0) is 29.1. The number of ether oxygens (including phenoxy) is 1. The van der Waals surface area contributed by atoms with Gasteiger partial charge in [0.2, 0.25) is 10.0 Å². The van der Waals surface area contributed by atoms with Gasteiger partial charge in [0, 0.05) is 57.1 Å². The summed E-state index contributed by atoms with van der Waals surface area (Å²) in [7, 11) is -3.43. The Hall–Kier alpha value is -3.99. The molecule has 39 heavy (non-hydrogen) atoms. The number of sulfonamides is 1. The highest BCUT2D eigenvalue weighted by Crippen LogP contribution is 2.24. The first kappa shape index (κ1) is 29.6. The molecule has 212 valence electrons. The average molecular weight is 578 g/mol. The number of carbonyl (C=O) groups excluding carboxylic acids is 4. The summed E-state index contributed by atoms with van der Waals surface area (Å²) in [4.78, 5) is 47.7. The molecule has 0 radical (unpaired) electrons. The van der Waals surface area contributed by atoms with E-state index in [0.29, 0.717) is 12.1 Å². The van der Waals surface area contributed by atoms with Crippen molar-refractivity contribution in [3.63, 3.8) is 0 Å². The Morgan fingerprint density at radius 3 is 2.33 bits per heavy atom. The number of nitrogens with zero attached hydrogens (tertiary/aromatic N) is 2. The van der Waals surface area contributed by atoms with E-state index in [9.17, 15) is 40.8 Å². The van der Waals surface area contributed by atoms with Crippen LogP contribution in [0.1, 0.15) is 23.8 Å². The van der Waals surface area contributed by atoms with E-state index in [-0.39, 0.29) is 32.7 Å².